The summed E-state index contributed by atoms with van der Waals surface area (Å²) in [4.78, 5) is 4.08. The van der Waals surface area contributed by atoms with Crippen molar-refractivity contribution in [1.82, 2.24) is 15.2 Å². The van der Waals surface area contributed by atoms with Crippen LogP contribution in [0.15, 0.2) is 29.3 Å². The van der Waals surface area contributed by atoms with Crippen LogP contribution < -0.4 is 10.6 Å². The molecule has 9 heteroatoms. The summed E-state index contributed by atoms with van der Waals surface area (Å²) in [6.07, 6.45) is 0. The summed E-state index contributed by atoms with van der Waals surface area (Å²) in [6.45, 7) is 0.652. The van der Waals surface area contributed by atoms with Gasteiger partial charge in [-0.05, 0) is 24.3 Å². The van der Waals surface area contributed by atoms with Gasteiger partial charge in [0.05, 0.1) is 23.2 Å². The summed E-state index contributed by atoms with van der Waals surface area (Å²) in [5.74, 6) is 0.114. The molecule has 1 heterocycles. The molecule has 0 saturated heterocycles. The van der Waals surface area contributed by atoms with Gasteiger partial charge in [-0.15, -0.1) is 24.0 Å². The molecule has 2 N–H and O–H groups in total. The third-order valence-corrected chi connectivity index (χ3v) is 4.34. The predicted octanol–water partition coefficient (Wildman–Crippen LogP) is 3.83. The minimum Gasteiger partial charge on any atom is -0.352 e. The number of aliphatic imine (C=N–C) groups is 1. The first-order valence-electron chi connectivity index (χ1n) is 7.09. The summed E-state index contributed by atoms with van der Waals surface area (Å²) in [6, 6.07) is 7.98. The van der Waals surface area contributed by atoms with Gasteiger partial charge >= 0.3 is 0 Å². The van der Waals surface area contributed by atoms with Crippen LogP contribution in [-0.2, 0) is 20.1 Å². The van der Waals surface area contributed by atoms with Gasteiger partial charge in [-0.2, -0.15) is 5.26 Å². The third-order valence-electron chi connectivity index (χ3n) is 3.50. The molecule has 0 spiro atoms. The van der Waals surface area contributed by atoms with E-state index in [4.69, 9.17) is 28.5 Å². The molecule has 134 valence electrons. The first-order chi connectivity index (χ1) is 11.5. The molecule has 0 amide bonds. The SMILES string of the molecule is CN=C(NCc1cc(C#N)ccc1F)NCc1cc(Cl)c(Cl)n1C.I. The Morgan fingerprint density at radius 1 is 1.28 bits per heavy atom. The Labute approximate surface area is 172 Å². The van der Waals surface area contributed by atoms with E-state index in [2.05, 4.69) is 15.6 Å². The number of hydrogen-bond donors (Lipinski definition) is 2. The molecular formula is C16H17Cl2FIN5. The summed E-state index contributed by atoms with van der Waals surface area (Å²) in [7, 11) is 3.42. The summed E-state index contributed by atoms with van der Waals surface area (Å²) in [5.41, 5.74) is 1.68. The van der Waals surface area contributed by atoms with E-state index in [-0.39, 0.29) is 36.3 Å². The van der Waals surface area contributed by atoms with Gasteiger partial charge in [-0.3, -0.25) is 4.99 Å². The van der Waals surface area contributed by atoms with E-state index in [0.29, 0.717) is 33.8 Å². The highest BCUT2D eigenvalue weighted by Gasteiger charge is 2.10. The number of rotatable bonds is 4. The number of benzene rings is 1. The molecule has 0 aliphatic rings. The number of nitrogens with zero attached hydrogens (tertiary/aromatic N) is 3. The van der Waals surface area contributed by atoms with Crippen molar-refractivity contribution >= 4 is 53.1 Å². The van der Waals surface area contributed by atoms with Gasteiger partial charge in [0.2, 0.25) is 0 Å². The van der Waals surface area contributed by atoms with Crippen LogP contribution in [0.1, 0.15) is 16.8 Å². The van der Waals surface area contributed by atoms with Crippen LogP contribution in [0.3, 0.4) is 0 Å². The zero-order valence-corrected chi connectivity index (χ0v) is 17.4. The van der Waals surface area contributed by atoms with Gasteiger partial charge < -0.3 is 15.2 Å². The molecule has 2 aromatic rings. The highest BCUT2D eigenvalue weighted by Crippen LogP contribution is 2.24. The fourth-order valence-corrected chi connectivity index (χ4v) is 2.53. The number of aromatic nitrogens is 1. The van der Waals surface area contributed by atoms with Crippen LogP contribution in [0.25, 0.3) is 0 Å². The maximum absolute atomic E-state index is 13.8. The molecule has 0 radical (unpaired) electrons. The van der Waals surface area contributed by atoms with Crippen molar-refractivity contribution in [3.05, 3.63) is 57.1 Å². The van der Waals surface area contributed by atoms with E-state index >= 15 is 0 Å². The summed E-state index contributed by atoms with van der Waals surface area (Å²) >= 11 is 12.0. The smallest absolute Gasteiger partial charge is 0.191 e. The topological polar surface area (TPSA) is 65.1 Å². The molecule has 0 unspecified atom stereocenters. The summed E-state index contributed by atoms with van der Waals surface area (Å²) in [5, 5.41) is 15.9. The van der Waals surface area contributed by atoms with Crippen LogP contribution in [0.5, 0.6) is 0 Å². The first-order valence-corrected chi connectivity index (χ1v) is 7.84. The summed E-state index contributed by atoms with van der Waals surface area (Å²) < 4.78 is 15.5. The highest BCUT2D eigenvalue weighted by molar-refractivity contribution is 14.0. The van der Waals surface area contributed by atoms with E-state index in [0.717, 1.165) is 5.69 Å². The Morgan fingerprint density at radius 3 is 2.52 bits per heavy atom. The molecule has 0 aliphatic heterocycles. The van der Waals surface area contributed by atoms with E-state index in [9.17, 15) is 4.39 Å². The molecule has 2 rings (SSSR count). The number of nitrogens with one attached hydrogen (secondary N) is 2. The Hall–Kier alpha value is -1.50. The third kappa shape index (κ3) is 5.49. The zero-order valence-electron chi connectivity index (χ0n) is 13.6. The fourth-order valence-electron chi connectivity index (χ4n) is 2.11. The number of hydrogen-bond acceptors (Lipinski definition) is 2. The molecule has 1 aromatic carbocycles. The zero-order chi connectivity index (χ0) is 17.7. The second-order valence-electron chi connectivity index (χ2n) is 5.03. The fraction of sp³-hybridized carbons (Fsp3) is 0.250. The molecule has 0 saturated carbocycles. The molecule has 0 bridgehead atoms. The molecule has 5 nitrogen and oxygen atoms in total. The average Bonchev–Trinajstić information content (AvgIpc) is 2.83. The Kier molecular flexibility index (Phi) is 8.48. The minimum absolute atomic E-state index is 0. The Balaban J connectivity index is 0.00000312. The lowest BCUT2D eigenvalue weighted by atomic mass is 10.1. The lowest BCUT2D eigenvalue weighted by Crippen LogP contribution is -2.36. The predicted molar refractivity (Wildman–Crippen MR) is 109 cm³/mol. The molecule has 0 fully saturated rings. The second kappa shape index (κ2) is 9.85. The van der Waals surface area contributed by atoms with Gasteiger partial charge in [-0.25, -0.2) is 4.39 Å². The molecule has 1 aromatic heterocycles. The van der Waals surface area contributed by atoms with Gasteiger partial charge in [0, 0.05) is 31.9 Å². The van der Waals surface area contributed by atoms with Gasteiger partial charge in [-0.1, -0.05) is 23.2 Å². The maximum atomic E-state index is 13.8. The normalized spacial score (nSPS) is 10.8. The Bertz CT molecular complexity index is 814. The lowest BCUT2D eigenvalue weighted by molar-refractivity contribution is 0.604. The molecular weight excluding hydrogens is 479 g/mol. The van der Waals surface area contributed by atoms with Crippen molar-refractivity contribution in [2.75, 3.05) is 7.05 Å². The van der Waals surface area contributed by atoms with Crippen molar-refractivity contribution in [2.24, 2.45) is 12.0 Å². The quantitative estimate of drug-likeness (QED) is 0.385. The maximum Gasteiger partial charge on any atom is 0.191 e. The van der Waals surface area contributed by atoms with Crippen LogP contribution >= 0.6 is 47.2 Å². The van der Waals surface area contributed by atoms with E-state index in [1.165, 1.54) is 18.2 Å². The number of guanidine groups is 1. The van der Waals surface area contributed by atoms with Crippen LogP contribution in [0, 0.1) is 17.1 Å². The van der Waals surface area contributed by atoms with Crippen LogP contribution in [0.2, 0.25) is 10.2 Å². The van der Waals surface area contributed by atoms with E-state index in [1.54, 1.807) is 17.7 Å². The van der Waals surface area contributed by atoms with Crippen molar-refractivity contribution in [3.8, 4) is 6.07 Å². The lowest BCUT2D eigenvalue weighted by Gasteiger charge is -2.13. The first kappa shape index (κ1) is 21.5. The average molecular weight is 496 g/mol. The van der Waals surface area contributed by atoms with Gasteiger partial charge in [0.25, 0.3) is 0 Å². The van der Waals surface area contributed by atoms with Crippen molar-refractivity contribution in [2.45, 2.75) is 13.1 Å². The van der Waals surface area contributed by atoms with Gasteiger partial charge in [0.15, 0.2) is 5.96 Å². The molecule has 0 aliphatic carbocycles. The van der Waals surface area contributed by atoms with E-state index in [1.807, 2.05) is 13.1 Å². The van der Waals surface area contributed by atoms with Crippen molar-refractivity contribution in [1.29, 1.82) is 5.26 Å². The van der Waals surface area contributed by atoms with Crippen molar-refractivity contribution < 1.29 is 4.39 Å². The number of nitriles is 1. The second-order valence-corrected chi connectivity index (χ2v) is 5.80. The van der Waals surface area contributed by atoms with E-state index < -0.39 is 0 Å². The Morgan fingerprint density at radius 2 is 1.96 bits per heavy atom. The minimum atomic E-state index is -0.377. The largest absolute Gasteiger partial charge is 0.352 e. The van der Waals surface area contributed by atoms with Crippen molar-refractivity contribution in [3.63, 3.8) is 0 Å². The number of halogens is 4. The molecule has 0 atom stereocenters. The van der Waals surface area contributed by atoms with Crippen LogP contribution in [0.4, 0.5) is 4.39 Å². The van der Waals surface area contributed by atoms with Crippen LogP contribution in [-0.4, -0.2) is 17.6 Å². The highest BCUT2D eigenvalue weighted by atomic mass is 127. The standard InChI is InChI=1S/C16H16Cl2FN5.HI/c1-21-16(23-9-12-6-13(17)15(18)24(12)2)22-8-11-5-10(7-20)3-4-14(11)19;/h3-6H,8-9H2,1-2H3,(H2,21,22,23);1H. The molecule has 25 heavy (non-hydrogen) atoms. The monoisotopic (exact) mass is 495 g/mol. The van der Waals surface area contributed by atoms with Gasteiger partial charge in [0.1, 0.15) is 11.0 Å².